The summed E-state index contributed by atoms with van der Waals surface area (Å²) in [6.45, 7) is 0. The van der Waals surface area contributed by atoms with E-state index in [0.717, 1.165) is 5.69 Å². The fraction of sp³-hybridized carbons (Fsp3) is 0.100. The topological polar surface area (TPSA) is 67.9 Å². The molecule has 16 heavy (non-hydrogen) atoms. The van der Waals surface area contributed by atoms with Crippen molar-refractivity contribution in [1.82, 2.24) is 15.0 Å². The average Bonchev–Trinajstić information content (AvgIpc) is 2.33. The highest BCUT2D eigenvalue weighted by Crippen LogP contribution is 2.30. The smallest absolute Gasteiger partial charge is 0.157 e. The molecule has 0 saturated heterocycles. The average molecular weight is 236 g/mol. The van der Waals surface area contributed by atoms with E-state index in [-0.39, 0.29) is 5.82 Å². The molecular formula is C10H10ClN5. The molecule has 0 bridgehead atoms. The van der Waals surface area contributed by atoms with E-state index in [1.807, 2.05) is 19.2 Å². The predicted octanol–water partition coefficient (Wildman–Crippen LogP) is 1.88. The maximum Gasteiger partial charge on any atom is 0.157 e. The Labute approximate surface area is 97.9 Å². The second kappa shape index (κ2) is 4.32. The molecule has 5 nitrogen and oxygen atoms in total. The number of nitrogens with two attached hydrogens (primary N) is 1. The van der Waals surface area contributed by atoms with Gasteiger partial charge in [-0.2, -0.15) is 0 Å². The van der Waals surface area contributed by atoms with Gasteiger partial charge in [-0.1, -0.05) is 11.6 Å². The SMILES string of the molecule is CN(c1cccnc1)c1ncnc(N)c1Cl. The Morgan fingerprint density at radius 3 is 2.88 bits per heavy atom. The number of pyridine rings is 1. The van der Waals surface area contributed by atoms with Gasteiger partial charge in [0.05, 0.1) is 11.9 Å². The Morgan fingerprint density at radius 2 is 2.19 bits per heavy atom. The molecule has 2 aromatic heterocycles. The Hall–Kier alpha value is -1.88. The van der Waals surface area contributed by atoms with Crippen LogP contribution < -0.4 is 10.6 Å². The summed E-state index contributed by atoms with van der Waals surface area (Å²) in [6.07, 6.45) is 4.80. The Bertz CT molecular complexity index is 488. The zero-order valence-electron chi connectivity index (χ0n) is 8.63. The van der Waals surface area contributed by atoms with Gasteiger partial charge in [-0.3, -0.25) is 4.98 Å². The van der Waals surface area contributed by atoms with Gasteiger partial charge in [-0.15, -0.1) is 0 Å². The zero-order chi connectivity index (χ0) is 11.5. The van der Waals surface area contributed by atoms with Gasteiger partial charge in [0.15, 0.2) is 5.82 Å². The molecule has 2 aromatic rings. The fourth-order valence-electron chi connectivity index (χ4n) is 1.28. The summed E-state index contributed by atoms with van der Waals surface area (Å²) in [5.41, 5.74) is 6.49. The van der Waals surface area contributed by atoms with Crippen LogP contribution in [0.2, 0.25) is 5.02 Å². The van der Waals surface area contributed by atoms with Gasteiger partial charge < -0.3 is 10.6 Å². The summed E-state index contributed by atoms with van der Waals surface area (Å²) in [4.78, 5) is 13.7. The lowest BCUT2D eigenvalue weighted by atomic mass is 10.3. The van der Waals surface area contributed by atoms with Crippen molar-refractivity contribution >= 4 is 28.9 Å². The highest BCUT2D eigenvalue weighted by atomic mass is 35.5. The van der Waals surface area contributed by atoms with Crippen molar-refractivity contribution in [2.45, 2.75) is 0 Å². The van der Waals surface area contributed by atoms with Crippen molar-refractivity contribution < 1.29 is 0 Å². The van der Waals surface area contributed by atoms with E-state index in [0.29, 0.717) is 10.8 Å². The highest BCUT2D eigenvalue weighted by molar-refractivity contribution is 6.35. The normalized spacial score (nSPS) is 10.1. The number of halogens is 1. The summed E-state index contributed by atoms with van der Waals surface area (Å²) < 4.78 is 0. The van der Waals surface area contributed by atoms with Crippen LogP contribution in [0.5, 0.6) is 0 Å². The van der Waals surface area contributed by atoms with E-state index in [2.05, 4.69) is 15.0 Å². The summed E-state index contributed by atoms with van der Waals surface area (Å²) >= 11 is 6.03. The monoisotopic (exact) mass is 235 g/mol. The Kier molecular flexibility index (Phi) is 2.87. The van der Waals surface area contributed by atoms with Crippen molar-refractivity contribution in [2.75, 3.05) is 17.7 Å². The van der Waals surface area contributed by atoms with Gasteiger partial charge >= 0.3 is 0 Å². The van der Waals surface area contributed by atoms with Crippen molar-refractivity contribution in [1.29, 1.82) is 0 Å². The molecule has 0 unspecified atom stereocenters. The molecule has 2 N–H and O–H groups in total. The predicted molar refractivity (Wildman–Crippen MR) is 63.8 cm³/mol. The van der Waals surface area contributed by atoms with E-state index in [1.165, 1.54) is 6.33 Å². The quantitative estimate of drug-likeness (QED) is 0.861. The van der Waals surface area contributed by atoms with Crippen LogP contribution in [0, 0.1) is 0 Å². The number of aromatic nitrogens is 3. The van der Waals surface area contributed by atoms with Gasteiger partial charge in [0.2, 0.25) is 0 Å². The van der Waals surface area contributed by atoms with Gasteiger partial charge in [-0.25, -0.2) is 9.97 Å². The first-order chi connectivity index (χ1) is 7.70. The second-order valence-corrected chi connectivity index (χ2v) is 3.54. The van der Waals surface area contributed by atoms with E-state index in [4.69, 9.17) is 17.3 Å². The number of anilines is 3. The minimum absolute atomic E-state index is 0.266. The van der Waals surface area contributed by atoms with Crippen molar-refractivity contribution in [2.24, 2.45) is 0 Å². The molecule has 6 heteroatoms. The van der Waals surface area contributed by atoms with E-state index < -0.39 is 0 Å². The molecule has 0 saturated carbocycles. The Balaban J connectivity index is 2.42. The molecular weight excluding hydrogens is 226 g/mol. The van der Waals surface area contributed by atoms with E-state index >= 15 is 0 Å². The third kappa shape index (κ3) is 1.90. The van der Waals surface area contributed by atoms with Gasteiger partial charge in [-0.05, 0) is 12.1 Å². The minimum Gasteiger partial charge on any atom is -0.382 e. The lowest BCUT2D eigenvalue weighted by Crippen LogP contribution is -2.13. The fourth-order valence-corrected chi connectivity index (χ4v) is 1.51. The van der Waals surface area contributed by atoms with Crippen LogP contribution in [0.4, 0.5) is 17.3 Å². The van der Waals surface area contributed by atoms with Crippen LogP contribution in [-0.2, 0) is 0 Å². The van der Waals surface area contributed by atoms with Crippen molar-refractivity contribution in [3.63, 3.8) is 0 Å². The molecule has 0 aliphatic rings. The van der Waals surface area contributed by atoms with E-state index in [1.54, 1.807) is 17.3 Å². The molecule has 0 aliphatic heterocycles. The molecule has 0 radical (unpaired) electrons. The third-order valence-electron chi connectivity index (χ3n) is 2.15. The number of hydrogen-bond donors (Lipinski definition) is 1. The molecule has 0 aliphatic carbocycles. The maximum absolute atomic E-state index is 6.03. The third-order valence-corrected chi connectivity index (χ3v) is 2.51. The first-order valence-corrected chi connectivity index (χ1v) is 4.97. The number of hydrogen-bond acceptors (Lipinski definition) is 5. The summed E-state index contributed by atoms with van der Waals surface area (Å²) in [5.74, 6) is 0.824. The summed E-state index contributed by atoms with van der Waals surface area (Å²) in [5, 5.41) is 0.342. The summed E-state index contributed by atoms with van der Waals surface area (Å²) in [6, 6.07) is 3.74. The number of nitrogen functional groups attached to an aromatic ring is 1. The van der Waals surface area contributed by atoms with Crippen LogP contribution in [0.25, 0.3) is 0 Å². The van der Waals surface area contributed by atoms with Crippen LogP contribution in [0.1, 0.15) is 0 Å². The molecule has 2 rings (SSSR count). The second-order valence-electron chi connectivity index (χ2n) is 3.17. The first kappa shape index (κ1) is 10.6. The zero-order valence-corrected chi connectivity index (χ0v) is 9.39. The minimum atomic E-state index is 0.266. The summed E-state index contributed by atoms with van der Waals surface area (Å²) in [7, 11) is 1.84. The molecule has 0 fully saturated rings. The lowest BCUT2D eigenvalue weighted by Gasteiger charge is -2.18. The van der Waals surface area contributed by atoms with Gasteiger partial charge in [0.25, 0.3) is 0 Å². The van der Waals surface area contributed by atoms with Crippen molar-refractivity contribution in [3.05, 3.63) is 35.9 Å². The van der Waals surface area contributed by atoms with Gasteiger partial charge in [0, 0.05) is 13.2 Å². The molecule has 0 amide bonds. The van der Waals surface area contributed by atoms with Gasteiger partial charge in [0.1, 0.15) is 17.2 Å². The molecule has 0 aromatic carbocycles. The van der Waals surface area contributed by atoms with Crippen LogP contribution in [0.3, 0.4) is 0 Å². The number of nitrogens with zero attached hydrogens (tertiary/aromatic N) is 4. The standard InChI is InChI=1S/C10H10ClN5/c1-16(7-3-2-4-13-5-7)10-8(11)9(12)14-6-15-10/h2-6H,1H3,(H2,12,14,15). The molecule has 0 atom stereocenters. The maximum atomic E-state index is 6.03. The van der Waals surface area contributed by atoms with Crippen LogP contribution in [0.15, 0.2) is 30.9 Å². The molecule has 82 valence electrons. The van der Waals surface area contributed by atoms with Crippen LogP contribution >= 0.6 is 11.6 Å². The molecule has 2 heterocycles. The highest BCUT2D eigenvalue weighted by Gasteiger charge is 2.12. The van der Waals surface area contributed by atoms with Crippen molar-refractivity contribution in [3.8, 4) is 0 Å². The molecule has 0 spiro atoms. The lowest BCUT2D eigenvalue weighted by molar-refractivity contribution is 1.08. The largest absolute Gasteiger partial charge is 0.382 e. The first-order valence-electron chi connectivity index (χ1n) is 4.60. The number of rotatable bonds is 2. The van der Waals surface area contributed by atoms with Crippen LogP contribution in [-0.4, -0.2) is 22.0 Å². The Morgan fingerprint density at radius 1 is 1.38 bits per heavy atom. The van der Waals surface area contributed by atoms with E-state index in [9.17, 15) is 0 Å².